The van der Waals surface area contributed by atoms with Crippen LogP contribution >= 0.6 is 0 Å². The van der Waals surface area contributed by atoms with Gasteiger partial charge in [0.15, 0.2) is 0 Å². The van der Waals surface area contributed by atoms with Crippen LogP contribution in [-0.2, 0) is 16.0 Å². The second-order valence-electron chi connectivity index (χ2n) is 6.54. The summed E-state index contributed by atoms with van der Waals surface area (Å²) in [6.45, 7) is 6.46. The molecule has 0 spiro atoms. The van der Waals surface area contributed by atoms with Crippen molar-refractivity contribution in [2.24, 2.45) is 5.92 Å². The van der Waals surface area contributed by atoms with Crippen LogP contribution in [0, 0.1) is 19.8 Å². The highest BCUT2D eigenvalue weighted by Crippen LogP contribution is 2.30. The Morgan fingerprint density at radius 1 is 1.16 bits per heavy atom. The number of anilines is 1. The van der Waals surface area contributed by atoms with Gasteiger partial charge in [0, 0.05) is 18.7 Å². The van der Waals surface area contributed by atoms with E-state index in [9.17, 15) is 9.59 Å². The fourth-order valence-electron chi connectivity index (χ4n) is 3.12. The van der Waals surface area contributed by atoms with Crippen LogP contribution in [0.2, 0.25) is 0 Å². The third kappa shape index (κ3) is 3.58. The van der Waals surface area contributed by atoms with Gasteiger partial charge in [-0.2, -0.15) is 0 Å². The number of rotatable bonds is 4. The van der Waals surface area contributed by atoms with E-state index in [2.05, 4.69) is 6.92 Å². The van der Waals surface area contributed by atoms with Crippen LogP contribution in [-0.4, -0.2) is 18.4 Å². The van der Waals surface area contributed by atoms with E-state index in [1.807, 2.05) is 44.2 Å². The monoisotopic (exact) mass is 337 g/mol. The maximum atomic E-state index is 12.4. The molecule has 4 nitrogen and oxygen atoms in total. The zero-order valence-corrected chi connectivity index (χ0v) is 14.9. The number of carbonyl (C=O) groups excluding carboxylic acids is 2. The zero-order valence-electron chi connectivity index (χ0n) is 14.9. The predicted octanol–water partition coefficient (Wildman–Crippen LogP) is 3.82. The lowest BCUT2D eigenvalue weighted by Crippen LogP contribution is -2.28. The summed E-state index contributed by atoms with van der Waals surface area (Å²) in [6, 6.07) is 13.4. The SMILES string of the molecule is CCc1ccc(OC(=O)[C@@H]2CC(=O)N(c3cccc(C)c3C)C2)cc1. The molecule has 0 aromatic heterocycles. The topological polar surface area (TPSA) is 46.6 Å². The Kier molecular flexibility index (Phi) is 4.88. The molecular weight excluding hydrogens is 314 g/mol. The van der Waals surface area contributed by atoms with Gasteiger partial charge in [0.2, 0.25) is 5.91 Å². The molecule has 25 heavy (non-hydrogen) atoms. The molecule has 2 aromatic carbocycles. The molecule has 1 saturated heterocycles. The molecule has 1 fully saturated rings. The molecule has 0 unspecified atom stereocenters. The molecule has 0 saturated carbocycles. The Balaban J connectivity index is 1.71. The minimum Gasteiger partial charge on any atom is -0.426 e. The molecule has 2 aromatic rings. The summed E-state index contributed by atoms with van der Waals surface area (Å²) < 4.78 is 5.47. The summed E-state index contributed by atoms with van der Waals surface area (Å²) in [5.74, 6) is -0.277. The van der Waals surface area contributed by atoms with E-state index in [4.69, 9.17) is 4.74 Å². The van der Waals surface area contributed by atoms with Crippen molar-refractivity contribution in [1.82, 2.24) is 0 Å². The summed E-state index contributed by atoms with van der Waals surface area (Å²) >= 11 is 0. The van der Waals surface area contributed by atoms with Gasteiger partial charge >= 0.3 is 5.97 Å². The van der Waals surface area contributed by atoms with Crippen LogP contribution in [0.25, 0.3) is 0 Å². The third-order valence-corrected chi connectivity index (χ3v) is 4.88. The zero-order chi connectivity index (χ0) is 18.0. The Labute approximate surface area is 148 Å². The first kappa shape index (κ1) is 17.2. The van der Waals surface area contributed by atoms with Gasteiger partial charge in [-0.15, -0.1) is 0 Å². The fourth-order valence-corrected chi connectivity index (χ4v) is 3.12. The van der Waals surface area contributed by atoms with Gasteiger partial charge in [-0.1, -0.05) is 31.2 Å². The average Bonchev–Trinajstić information content (AvgIpc) is 3.00. The van der Waals surface area contributed by atoms with Gasteiger partial charge in [0.05, 0.1) is 5.92 Å². The minimum absolute atomic E-state index is 0.0306. The molecule has 1 heterocycles. The number of hydrogen-bond donors (Lipinski definition) is 0. The Bertz CT molecular complexity index is 795. The molecule has 1 aliphatic heterocycles. The van der Waals surface area contributed by atoms with Crippen molar-refractivity contribution in [1.29, 1.82) is 0 Å². The van der Waals surface area contributed by atoms with Crippen LogP contribution in [0.1, 0.15) is 30.0 Å². The lowest BCUT2D eigenvalue weighted by molar-refractivity contribution is -0.139. The van der Waals surface area contributed by atoms with Crippen molar-refractivity contribution in [3.05, 3.63) is 59.2 Å². The van der Waals surface area contributed by atoms with E-state index in [1.165, 1.54) is 5.56 Å². The van der Waals surface area contributed by atoms with Gasteiger partial charge in [-0.05, 0) is 55.2 Å². The van der Waals surface area contributed by atoms with Crippen LogP contribution in [0.3, 0.4) is 0 Å². The molecule has 1 aliphatic rings. The Morgan fingerprint density at radius 2 is 1.88 bits per heavy atom. The number of carbonyl (C=O) groups is 2. The van der Waals surface area contributed by atoms with Crippen molar-refractivity contribution in [3.63, 3.8) is 0 Å². The smallest absolute Gasteiger partial charge is 0.316 e. The number of ether oxygens (including phenoxy) is 1. The lowest BCUT2D eigenvalue weighted by Gasteiger charge is -2.20. The number of amides is 1. The van der Waals surface area contributed by atoms with E-state index in [-0.39, 0.29) is 18.3 Å². The number of hydrogen-bond acceptors (Lipinski definition) is 3. The van der Waals surface area contributed by atoms with Crippen molar-refractivity contribution >= 4 is 17.6 Å². The van der Waals surface area contributed by atoms with E-state index in [1.54, 1.807) is 17.0 Å². The first-order valence-electron chi connectivity index (χ1n) is 8.66. The maximum Gasteiger partial charge on any atom is 0.316 e. The number of nitrogens with zero attached hydrogens (tertiary/aromatic N) is 1. The third-order valence-electron chi connectivity index (χ3n) is 4.88. The highest BCUT2D eigenvalue weighted by molar-refractivity contribution is 6.00. The van der Waals surface area contributed by atoms with Crippen molar-refractivity contribution in [2.45, 2.75) is 33.6 Å². The second kappa shape index (κ2) is 7.09. The van der Waals surface area contributed by atoms with Crippen molar-refractivity contribution in [3.8, 4) is 5.75 Å². The normalized spacial score (nSPS) is 17.0. The first-order valence-corrected chi connectivity index (χ1v) is 8.66. The fraction of sp³-hybridized carbons (Fsp3) is 0.333. The quantitative estimate of drug-likeness (QED) is 0.629. The standard InChI is InChI=1S/C21H23NO3/c1-4-16-8-10-18(11-9-16)25-21(24)17-12-20(23)22(13-17)19-7-5-6-14(2)15(19)3/h5-11,17H,4,12-13H2,1-3H3/t17-/m1/s1. The lowest BCUT2D eigenvalue weighted by atomic mass is 10.1. The summed E-state index contributed by atoms with van der Waals surface area (Å²) in [5.41, 5.74) is 4.27. The van der Waals surface area contributed by atoms with Crippen LogP contribution in [0.4, 0.5) is 5.69 Å². The molecule has 130 valence electrons. The molecule has 4 heteroatoms. The molecule has 1 amide bonds. The molecule has 0 N–H and O–H groups in total. The molecular formula is C21H23NO3. The molecule has 3 rings (SSSR count). The van der Waals surface area contributed by atoms with Crippen LogP contribution < -0.4 is 9.64 Å². The van der Waals surface area contributed by atoms with Gasteiger partial charge in [-0.3, -0.25) is 9.59 Å². The minimum atomic E-state index is -0.432. The molecule has 1 atom stereocenters. The number of aryl methyl sites for hydroxylation is 2. The first-order chi connectivity index (χ1) is 12.0. The summed E-state index contributed by atoms with van der Waals surface area (Å²) in [5, 5.41) is 0. The summed E-state index contributed by atoms with van der Waals surface area (Å²) in [6.07, 6.45) is 1.13. The van der Waals surface area contributed by atoms with E-state index in [0.717, 1.165) is 23.2 Å². The predicted molar refractivity (Wildman–Crippen MR) is 97.8 cm³/mol. The van der Waals surface area contributed by atoms with Crippen molar-refractivity contribution < 1.29 is 14.3 Å². The number of benzene rings is 2. The Morgan fingerprint density at radius 3 is 2.56 bits per heavy atom. The second-order valence-corrected chi connectivity index (χ2v) is 6.54. The summed E-state index contributed by atoms with van der Waals surface area (Å²) in [4.78, 5) is 26.6. The van der Waals surface area contributed by atoms with Gasteiger partial charge in [0.1, 0.15) is 5.75 Å². The Hall–Kier alpha value is -2.62. The van der Waals surface area contributed by atoms with E-state index >= 15 is 0 Å². The molecule has 0 bridgehead atoms. The highest BCUT2D eigenvalue weighted by atomic mass is 16.5. The van der Waals surface area contributed by atoms with Gasteiger partial charge in [0.25, 0.3) is 0 Å². The largest absolute Gasteiger partial charge is 0.426 e. The molecule has 0 radical (unpaired) electrons. The van der Waals surface area contributed by atoms with Gasteiger partial charge in [-0.25, -0.2) is 0 Å². The van der Waals surface area contributed by atoms with Crippen molar-refractivity contribution in [2.75, 3.05) is 11.4 Å². The molecule has 0 aliphatic carbocycles. The van der Waals surface area contributed by atoms with Gasteiger partial charge < -0.3 is 9.64 Å². The van der Waals surface area contributed by atoms with E-state index in [0.29, 0.717) is 12.3 Å². The van der Waals surface area contributed by atoms with Crippen LogP contribution in [0.15, 0.2) is 42.5 Å². The van der Waals surface area contributed by atoms with E-state index < -0.39 is 5.92 Å². The highest BCUT2D eigenvalue weighted by Gasteiger charge is 2.37. The summed E-state index contributed by atoms with van der Waals surface area (Å²) in [7, 11) is 0. The average molecular weight is 337 g/mol. The van der Waals surface area contributed by atoms with Crippen LogP contribution in [0.5, 0.6) is 5.75 Å². The number of esters is 1. The maximum absolute atomic E-state index is 12.4.